The average Bonchev–Trinajstić information content (AvgIpc) is 3.25. The number of aryl methyl sites for hydroxylation is 1. The number of fused-ring (bicyclic) bond motifs is 1. The van der Waals surface area contributed by atoms with E-state index in [-0.39, 0.29) is 11.9 Å². The van der Waals surface area contributed by atoms with Crippen molar-refractivity contribution in [1.82, 2.24) is 9.88 Å². The quantitative estimate of drug-likeness (QED) is 0.934. The van der Waals surface area contributed by atoms with Gasteiger partial charge in [-0.3, -0.25) is 4.79 Å². The third-order valence-corrected chi connectivity index (χ3v) is 6.35. The molecule has 3 unspecified atom stereocenters. The lowest BCUT2D eigenvalue weighted by Crippen LogP contribution is -2.34. The summed E-state index contributed by atoms with van der Waals surface area (Å²) in [4.78, 5) is 19.3. The third kappa shape index (κ3) is 2.98. The molecule has 2 aliphatic rings. The molecule has 1 aliphatic heterocycles. The molecule has 1 saturated carbocycles. The minimum absolute atomic E-state index is 0.192. The van der Waals surface area contributed by atoms with Gasteiger partial charge in [0, 0.05) is 30.1 Å². The van der Waals surface area contributed by atoms with Crippen LogP contribution in [0, 0.1) is 18.8 Å². The molecule has 2 aromatic rings. The van der Waals surface area contributed by atoms with Gasteiger partial charge in [0.2, 0.25) is 5.91 Å². The molecule has 126 valence electrons. The van der Waals surface area contributed by atoms with E-state index in [1.54, 1.807) is 11.3 Å². The van der Waals surface area contributed by atoms with Crippen LogP contribution in [-0.4, -0.2) is 34.9 Å². The molecule has 5 heteroatoms. The van der Waals surface area contributed by atoms with Crippen molar-refractivity contribution < 1.29 is 4.79 Å². The molecule has 1 aromatic heterocycles. The van der Waals surface area contributed by atoms with Gasteiger partial charge in [0.25, 0.3) is 0 Å². The van der Waals surface area contributed by atoms with Crippen LogP contribution in [0.5, 0.6) is 0 Å². The first-order valence-electron chi connectivity index (χ1n) is 8.65. The van der Waals surface area contributed by atoms with Crippen molar-refractivity contribution in [3.63, 3.8) is 0 Å². The second kappa shape index (κ2) is 6.30. The van der Waals surface area contributed by atoms with Crippen molar-refractivity contribution in [1.29, 1.82) is 0 Å². The maximum absolute atomic E-state index is 12.6. The van der Waals surface area contributed by atoms with E-state index in [9.17, 15) is 4.79 Å². The van der Waals surface area contributed by atoms with Crippen molar-refractivity contribution in [3.05, 3.63) is 40.9 Å². The largest absolute Gasteiger partial charge is 0.342 e. The second-order valence-electron chi connectivity index (χ2n) is 7.15. The molecule has 1 saturated heterocycles. The Kier molecular flexibility index (Phi) is 4.14. The van der Waals surface area contributed by atoms with Crippen LogP contribution in [0.15, 0.2) is 29.6 Å². The summed E-state index contributed by atoms with van der Waals surface area (Å²) in [6.07, 6.45) is 2.68. The van der Waals surface area contributed by atoms with Crippen molar-refractivity contribution in [2.45, 2.75) is 32.2 Å². The van der Waals surface area contributed by atoms with Crippen molar-refractivity contribution in [2.75, 3.05) is 13.1 Å². The summed E-state index contributed by atoms with van der Waals surface area (Å²) in [5.74, 6) is 1.31. The summed E-state index contributed by atoms with van der Waals surface area (Å²) in [5.41, 5.74) is 9.39. The van der Waals surface area contributed by atoms with Crippen molar-refractivity contribution >= 4 is 17.2 Å². The van der Waals surface area contributed by atoms with E-state index in [1.807, 2.05) is 16.3 Å². The molecule has 2 heterocycles. The van der Waals surface area contributed by atoms with Crippen LogP contribution in [0.4, 0.5) is 0 Å². The van der Waals surface area contributed by atoms with Crippen LogP contribution in [0.25, 0.3) is 10.6 Å². The smallest absolute Gasteiger partial charge is 0.228 e. The van der Waals surface area contributed by atoms with Gasteiger partial charge in [0.1, 0.15) is 5.01 Å². The maximum Gasteiger partial charge on any atom is 0.228 e. The number of aromatic nitrogens is 1. The molecule has 4 rings (SSSR count). The van der Waals surface area contributed by atoms with E-state index in [2.05, 4.69) is 30.1 Å². The predicted octanol–water partition coefficient (Wildman–Crippen LogP) is 2.86. The molecule has 1 aliphatic carbocycles. The molecular weight excluding hydrogens is 318 g/mol. The van der Waals surface area contributed by atoms with Crippen LogP contribution in [0.3, 0.4) is 0 Å². The molecule has 3 atom stereocenters. The number of nitrogens with zero attached hydrogens (tertiary/aromatic N) is 2. The zero-order valence-electron chi connectivity index (χ0n) is 13.9. The Morgan fingerprint density at radius 2 is 2.25 bits per heavy atom. The van der Waals surface area contributed by atoms with Crippen LogP contribution in [0.2, 0.25) is 0 Å². The number of hydrogen-bond donors (Lipinski definition) is 1. The van der Waals surface area contributed by atoms with E-state index in [4.69, 9.17) is 5.73 Å². The molecule has 0 radical (unpaired) electrons. The van der Waals surface area contributed by atoms with Crippen molar-refractivity contribution in [2.24, 2.45) is 17.6 Å². The first-order chi connectivity index (χ1) is 11.6. The number of carbonyl (C=O) groups excluding carboxylic acids is 1. The molecule has 0 spiro atoms. The molecule has 24 heavy (non-hydrogen) atoms. The van der Waals surface area contributed by atoms with Crippen LogP contribution >= 0.6 is 11.3 Å². The number of benzene rings is 1. The lowest BCUT2D eigenvalue weighted by atomic mass is 9.98. The molecule has 1 amide bonds. The summed E-state index contributed by atoms with van der Waals surface area (Å²) in [7, 11) is 0. The highest BCUT2D eigenvalue weighted by Gasteiger charge is 2.42. The van der Waals surface area contributed by atoms with Crippen LogP contribution < -0.4 is 5.73 Å². The van der Waals surface area contributed by atoms with Gasteiger partial charge < -0.3 is 10.6 Å². The van der Waals surface area contributed by atoms with Crippen molar-refractivity contribution in [3.8, 4) is 10.6 Å². The van der Waals surface area contributed by atoms with Crippen LogP contribution in [0.1, 0.15) is 24.1 Å². The fraction of sp³-hybridized carbons (Fsp3) is 0.474. The highest BCUT2D eigenvalue weighted by molar-refractivity contribution is 7.13. The minimum atomic E-state index is 0.192. The summed E-state index contributed by atoms with van der Waals surface area (Å²) in [6, 6.07) is 8.60. The standard InChI is InChI=1S/C19H23N3OS/c1-12-3-2-4-13(7-12)19-21-15(11-24-19)8-18(23)22-9-14-5-6-17(20)16(14)10-22/h2-4,7,11,14,16-17H,5-6,8-10,20H2,1H3. The lowest BCUT2D eigenvalue weighted by Gasteiger charge is -2.18. The predicted molar refractivity (Wildman–Crippen MR) is 96.8 cm³/mol. The second-order valence-corrected chi connectivity index (χ2v) is 8.01. The topological polar surface area (TPSA) is 59.2 Å². The molecule has 2 N–H and O–H groups in total. The van der Waals surface area contributed by atoms with Gasteiger partial charge in [0.15, 0.2) is 0 Å². The minimum Gasteiger partial charge on any atom is -0.342 e. The number of nitrogens with two attached hydrogens (primary N) is 1. The Balaban J connectivity index is 1.42. The van der Waals surface area contributed by atoms with Gasteiger partial charge in [-0.2, -0.15) is 0 Å². The fourth-order valence-electron chi connectivity index (χ4n) is 4.08. The summed E-state index contributed by atoms with van der Waals surface area (Å²) < 4.78 is 0. The highest BCUT2D eigenvalue weighted by Crippen LogP contribution is 2.37. The number of thiazole rings is 1. The Morgan fingerprint density at radius 1 is 1.38 bits per heavy atom. The Hall–Kier alpha value is -1.72. The van der Waals surface area contributed by atoms with E-state index >= 15 is 0 Å². The van der Waals surface area contributed by atoms with E-state index in [0.29, 0.717) is 18.3 Å². The number of rotatable bonds is 3. The number of likely N-dealkylation sites (tertiary alicyclic amines) is 1. The third-order valence-electron chi connectivity index (χ3n) is 5.41. The van der Waals surface area contributed by atoms with Gasteiger partial charge in [0.05, 0.1) is 12.1 Å². The molecular formula is C19H23N3OS. The first-order valence-corrected chi connectivity index (χ1v) is 9.53. The van der Waals surface area contributed by atoms with E-state index < -0.39 is 0 Å². The van der Waals surface area contributed by atoms with Gasteiger partial charge in [-0.25, -0.2) is 4.98 Å². The summed E-state index contributed by atoms with van der Waals surface area (Å²) in [5, 5.41) is 3.00. The summed E-state index contributed by atoms with van der Waals surface area (Å²) >= 11 is 1.61. The average molecular weight is 341 g/mol. The Labute approximate surface area is 146 Å². The SMILES string of the molecule is Cc1cccc(-c2nc(CC(=O)N3CC4CCC(N)C4C3)cs2)c1. The normalized spacial score (nSPS) is 25.9. The van der Waals surface area contributed by atoms with E-state index in [0.717, 1.165) is 35.8 Å². The summed E-state index contributed by atoms with van der Waals surface area (Å²) in [6.45, 7) is 3.79. The lowest BCUT2D eigenvalue weighted by molar-refractivity contribution is -0.129. The highest BCUT2D eigenvalue weighted by atomic mass is 32.1. The van der Waals surface area contributed by atoms with Gasteiger partial charge in [-0.05, 0) is 37.7 Å². The number of amides is 1. The van der Waals surface area contributed by atoms with E-state index in [1.165, 1.54) is 12.0 Å². The first kappa shape index (κ1) is 15.8. The van der Waals surface area contributed by atoms with Gasteiger partial charge in [-0.1, -0.05) is 23.8 Å². The molecule has 0 bridgehead atoms. The molecule has 1 aromatic carbocycles. The zero-order chi connectivity index (χ0) is 16.7. The monoisotopic (exact) mass is 341 g/mol. The molecule has 2 fully saturated rings. The maximum atomic E-state index is 12.6. The Bertz CT molecular complexity index is 757. The van der Waals surface area contributed by atoms with Crippen LogP contribution in [-0.2, 0) is 11.2 Å². The molecule has 4 nitrogen and oxygen atoms in total. The fourth-order valence-corrected chi connectivity index (χ4v) is 4.89. The van der Waals surface area contributed by atoms with Gasteiger partial charge >= 0.3 is 0 Å². The zero-order valence-corrected chi connectivity index (χ0v) is 14.8. The number of hydrogen-bond acceptors (Lipinski definition) is 4. The van der Waals surface area contributed by atoms with Gasteiger partial charge in [-0.15, -0.1) is 11.3 Å². The Morgan fingerprint density at radius 3 is 3.04 bits per heavy atom. The number of carbonyl (C=O) groups is 1.